The fourth-order valence-corrected chi connectivity index (χ4v) is 3.15. The van der Waals surface area contributed by atoms with Gasteiger partial charge in [0.25, 0.3) is 0 Å². The topological polar surface area (TPSA) is 67.2 Å². The van der Waals surface area contributed by atoms with Gasteiger partial charge in [-0.05, 0) is 25.8 Å². The van der Waals surface area contributed by atoms with Crippen molar-refractivity contribution in [1.82, 2.24) is 24.6 Å². The van der Waals surface area contributed by atoms with E-state index in [2.05, 4.69) is 33.8 Å². The number of carbonyl (C=O) groups excluding carboxylic acids is 1. The Morgan fingerprint density at radius 2 is 1.76 bits per heavy atom. The van der Waals surface area contributed by atoms with E-state index in [0.29, 0.717) is 12.3 Å². The van der Waals surface area contributed by atoms with Crippen molar-refractivity contribution < 1.29 is 4.79 Å². The molecule has 7 nitrogen and oxygen atoms in total. The van der Waals surface area contributed by atoms with Crippen LogP contribution in [-0.2, 0) is 4.79 Å². The van der Waals surface area contributed by atoms with Crippen LogP contribution in [0.2, 0.25) is 0 Å². The molecule has 0 bridgehead atoms. The van der Waals surface area contributed by atoms with Gasteiger partial charge in [-0.3, -0.25) is 4.79 Å². The minimum Gasteiger partial charge on any atom is -0.353 e. The molecule has 0 saturated carbocycles. The highest BCUT2D eigenvalue weighted by molar-refractivity contribution is 5.76. The van der Waals surface area contributed by atoms with Crippen LogP contribution in [0.15, 0.2) is 18.5 Å². The minimum atomic E-state index is 0.251. The second-order valence-corrected chi connectivity index (χ2v) is 7.04. The van der Waals surface area contributed by atoms with Gasteiger partial charge in [-0.2, -0.15) is 5.10 Å². The van der Waals surface area contributed by atoms with Gasteiger partial charge in [-0.1, -0.05) is 13.8 Å². The Bertz CT molecular complexity index is 746. The van der Waals surface area contributed by atoms with Gasteiger partial charge >= 0.3 is 0 Å². The first-order valence-corrected chi connectivity index (χ1v) is 8.82. The molecule has 1 aliphatic rings. The summed E-state index contributed by atoms with van der Waals surface area (Å²) >= 11 is 0. The van der Waals surface area contributed by atoms with Crippen molar-refractivity contribution in [1.29, 1.82) is 0 Å². The molecule has 2 aromatic heterocycles. The molecule has 0 N–H and O–H groups in total. The molecule has 2 aromatic rings. The molecule has 3 heterocycles. The summed E-state index contributed by atoms with van der Waals surface area (Å²) in [5, 5.41) is 4.48. The fraction of sp³-hybridized carbons (Fsp3) is 0.556. The Kier molecular flexibility index (Phi) is 5.01. The maximum atomic E-state index is 12.2. The summed E-state index contributed by atoms with van der Waals surface area (Å²) in [6.07, 6.45) is 2.20. The third kappa shape index (κ3) is 3.97. The molecule has 1 fully saturated rings. The van der Waals surface area contributed by atoms with Crippen LogP contribution in [0.25, 0.3) is 5.82 Å². The van der Waals surface area contributed by atoms with Crippen LogP contribution in [0.4, 0.5) is 5.82 Å². The van der Waals surface area contributed by atoms with Gasteiger partial charge in [0.15, 0.2) is 5.82 Å². The molecule has 3 rings (SSSR count). The molecule has 25 heavy (non-hydrogen) atoms. The van der Waals surface area contributed by atoms with Crippen molar-refractivity contribution in [3.05, 3.63) is 29.8 Å². The van der Waals surface area contributed by atoms with Gasteiger partial charge in [-0.15, -0.1) is 0 Å². The lowest BCUT2D eigenvalue weighted by Crippen LogP contribution is -2.49. The first-order valence-electron chi connectivity index (χ1n) is 8.82. The molecule has 1 aliphatic heterocycles. The van der Waals surface area contributed by atoms with Crippen LogP contribution in [-0.4, -0.2) is 56.7 Å². The summed E-state index contributed by atoms with van der Waals surface area (Å²) in [5.41, 5.74) is 2.01. The second-order valence-electron chi connectivity index (χ2n) is 7.04. The van der Waals surface area contributed by atoms with E-state index in [-0.39, 0.29) is 5.91 Å². The lowest BCUT2D eigenvalue weighted by molar-refractivity contribution is -0.132. The first kappa shape index (κ1) is 17.4. The highest BCUT2D eigenvalue weighted by Gasteiger charge is 2.22. The average molecular weight is 342 g/mol. The molecule has 0 aromatic carbocycles. The molecule has 1 amide bonds. The zero-order valence-electron chi connectivity index (χ0n) is 15.4. The molecular formula is C18H26N6O. The summed E-state index contributed by atoms with van der Waals surface area (Å²) in [6, 6.07) is 3.99. The normalized spacial score (nSPS) is 15.1. The molecule has 0 unspecified atom stereocenters. The van der Waals surface area contributed by atoms with Crippen LogP contribution >= 0.6 is 0 Å². The minimum absolute atomic E-state index is 0.251. The van der Waals surface area contributed by atoms with E-state index in [1.807, 2.05) is 35.6 Å². The van der Waals surface area contributed by atoms with E-state index in [1.165, 1.54) is 0 Å². The number of anilines is 1. The molecule has 0 radical (unpaired) electrons. The summed E-state index contributed by atoms with van der Waals surface area (Å²) in [6.45, 7) is 11.2. The van der Waals surface area contributed by atoms with Gasteiger partial charge in [-0.25, -0.2) is 14.6 Å². The summed E-state index contributed by atoms with van der Waals surface area (Å²) in [4.78, 5) is 25.1. The highest BCUT2D eigenvalue weighted by atomic mass is 16.2. The molecule has 0 aliphatic carbocycles. The lowest BCUT2D eigenvalue weighted by Gasteiger charge is -2.35. The van der Waals surface area contributed by atoms with Gasteiger partial charge in [0, 0.05) is 44.4 Å². The van der Waals surface area contributed by atoms with Crippen LogP contribution in [0.5, 0.6) is 0 Å². The maximum absolute atomic E-state index is 12.2. The summed E-state index contributed by atoms with van der Waals surface area (Å²) in [7, 11) is 0. The molecule has 1 saturated heterocycles. The Balaban J connectivity index is 1.69. The molecular weight excluding hydrogens is 316 g/mol. The SMILES string of the molecule is Cc1cc(C)n(-c2cc(N3CCN(C(=O)CC(C)C)CC3)ncn2)n1. The first-order chi connectivity index (χ1) is 11.9. The summed E-state index contributed by atoms with van der Waals surface area (Å²) in [5.74, 6) is 2.30. The molecule has 7 heteroatoms. The zero-order valence-corrected chi connectivity index (χ0v) is 15.4. The standard InChI is InChI=1S/C18H26N6O/c1-13(2)9-18(25)23-7-5-22(6-8-23)16-11-17(20-12-19-16)24-15(4)10-14(3)21-24/h10-13H,5-9H2,1-4H3. The van der Waals surface area contributed by atoms with E-state index in [9.17, 15) is 4.79 Å². The van der Waals surface area contributed by atoms with Crippen LogP contribution in [0.3, 0.4) is 0 Å². The Hall–Kier alpha value is -2.44. The predicted molar refractivity (Wildman–Crippen MR) is 96.9 cm³/mol. The van der Waals surface area contributed by atoms with E-state index in [0.717, 1.165) is 49.2 Å². The van der Waals surface area contributed by atoms with E-state index < -0.39 is 0 Å². The number of nitrogens with zero attached hydrogens (tertiary/aromatic N) is 6. The number of hydrogen-bond acceptors (Lipinski definition) is 5. The van der Waals surface area contributed by atoms with Crippen LogP contribution in [0.1, 0.15) is 31.7 Å². The summed E-state index contributed by atoms with van der Waals surface area (Å²) < 4.78 is 1.84. The van der Waals surface area contributed by atoms with Crippen LogP contribution in [0, 0.1) is 19.8 Å². The Morgan fingerprint density at radius 1 is 1.08 bits per heavy atom. The highest BCUT2D eigenvalue weighted by Crippen LogP contribution is 2.18. The monoisotopic (exact) mass is 342 g/mol. The zero-order chi connectivity index (χ0) is 18.0. The van der Waals surface area contributed by atoms with Gasteiger partial charge in [0.05, 0.1) is 5.69 Å². The van der Waals surface area contributed by atoms with Crippen molar-refractivity contribution in [3.63, 3.8) is 0 Å². The van der Waals surface area contributed by atoms with Gasteiger partial charge in [0.2, 0.25) is 5.91 Å². The molecule has 134 valence electrons. The third-order valence-electron chi connectivity index (χ3n) is 4.40. The quantitative estimate of drug-likeness (QED) is 0.850. The van der Waals surface area contributed by atoms with Crippen LogP contribution < -0.4 is 4.90 Å². The van der Waals surface area contributed by atoms with E-state index >= 15 is 0 Å². The van der Waals surface area contributed by atoms with Crippen molar-refractivity contribution in [3.8, 4) is 5.82 Å². The van der Waals surface area contributed by atoms with E-state index in [1.54, 1.807) is 6.33 Å². The lowest BCUT2D eigenvalue weighted by atomic mass is 10.1. The predicted octanol–water partition coefficient (Wildman–Crippen LogP) is 1.97. The van der Waals surface area contributed by atoms with Gasteiger partial charge < -0.3 is 9.80 Å². The second kappa shape index (κ2) is 7.21. The Morgan fingerprint density at radius 3 is 2.36 bits per heavy atom. The van der Waals surface area contributed by atoms with Gasteiger partial charge in [0.1, 0.15) is 12.1 Å². The number of piperazine rings is 1. The molecule has 0 spiro atoms. The number of carbonyl (C=O) groups is 1. The third-order valence-corrected chi connectivity index (χ3v) is 4.40. The number of hydrogen-bond donors (Lipinski definition) is 0. The number of amides is 1. The average Bonchev–Trinajstić information content (AvgIpc) is 2.93. The number of rotatable bonds is 4. The van der Waals surface area contributed by atoms with Crippen molar-refractivity contribution in [2.45, 2.75) is 34.1 Å². The van der Waals surface area contributed by atoms with Crippen molar-refractivity contribution >= 4 is 11.7 Å². The van der Waals surface area contributed by atoms with E-state index in [4.69, 9.17) is 0 Å². The largest absolute Gasteiger partial charge is 0.353 e. The number of aryl methyl sites for hydroxylation is 2. The number of aromatic nitrogens is 4. The smallest absolute Gasteiger partial charge is 0.222 e. The Labute approximate surface area is 148 Å². The molecule has 0 atom stereocenters. The van der Waals surface area contributed by atoms with Crippen molar-refractivity contribution in [2.75, 3.05) is 31.1 Å². The van der Waals surface area contributed by atoms with Crippen molar-refractivity contribution in [2.24, 2.45) is 5.92 Å². The fourth-order valence-electron chi connectivity index (χ4n) is 3.15. The maximum Gasteiger partial charge on any atom is 0.222 e.